The largest absolute Gasteiger partial charge is 0.419 e. The van der Waals surface area contributed by atoms with E-state index in [2.05, 4.69) is 5.32 Å². The second kappa shape index (κ2) is 9.30. The molecule has 8 heteroatoms. The van der Waals surface area contributed by atoms with Crippen LogP contribution >= 0.6 is 0 Å². The molecule has 0 saturated heterocycles. The van der Waals surface area contributed by atoms with Crippen LogP contribution in [0, 0.1) is 0 Å². The Balaban J connectivity index is 1.48. The zero-order chi connectivity index (χ0) is 23.7. The number of para-hydroxylation sites is 1. The van der Waals surface area contributed by atoms with Gasteiger partial charge in [-0.2, -0.15) is 5.10 Å². The number of fused-ring (bicyclic) bond motifs is 2. The molecule has 0 fully saturated rings. The molecule has 0 saturated carbocycles. The number of benzene rings is 2. The van der Waals surface area contributed by atoms with E-state index in [1.165, 1.54) is 0 Å². The molecule has 176 valence electrons. The molecule has 0 spiro atoms. The van der Waals surface area contributed by atoms with E-state index in [0.29, 0.717) is 35.6 Å². The third kappa shape index (κ3) is 4.28. The standard InChI is InChI=1S/C26H29N5O3/c1-29(2)15-16-30-22-17-18(13-14-23(22)34-26(30)33)27-25(32)24-20-11-7-4-8-12-21(20)31(28-24)19-9-5-3-6-10-19/h3,5-6,9-10,13-14,17H,4,7-8,11-12,15-16H2,1-2H3,(H,27,32). The smallest absolute Gasteiger partial charge is 0.408 e. The molecule has 1 aliphatic rings. The number of anilines is 1. The van der Waals surface area contributed by atoms with Crippen LogP contribution in [-0.4, -0.2) is 45.8 Å². The summed E-state index contributed by atoms with van der Waals surface area (Å²) >= 11 is 0. The van der Waals surface area contributed by atoms with Crippen molar-refractivity contribution in [2.75, 3.05) is 26.0 Å². The minimum absolute atomic E-state index is 0.238. The number of oxazole rings is 1. The van der Waals surface area contributed by atoms with E-state index in [-0.39, 0.29) is 5.91 Å². The Kier molecular flexibility index (Phi) is 6.06. The predicted molar refractivity (Wildman–Crippen MR) is 132 cm³/mol. The molecule has 8 nitrogen and oxygen atoms in total. The molecule has 4 aromatic rings. The maximum absolute atomic E-state index is 13.4. The number of nitrogens with one attached hydrogen (secondary N) is 1. The fourth-order valence-corrected chi connectivity index (χ4v) is 4.58. The minimum Gasteiger partial charge on any atom is -0.408 e. The molecule has 1 amide bonds. The summed E-state index contributed by atoms with van der Waals surface area (Å²) in [4.78, 5) is 27.7. The first-order chi connectivity index (χ1) is 16.5. The summed E-state index contributed by atoms with van der Waals surface area (Å²) in [6, 6.07) is 15.2. The van der Waals surface area contributed by atoms with Gasteiger partial charge in [-0.25, -0.2) is 9.48 Å². The highest BCUT2D eigenvalue weighted by molar-refractivity contribution is 6.04. The van der Waals surface area contributed by atoms with Gasteiger partial charge in [0.25, 0.3) is 5.91 Å². The van der Waals surface area contributed by atoms with Gasteiger partial charge in [0.2, 0.25) is 0 Å². The van der Waals surface area contributed by atoms with E-state index in [0.717, 1.165) is 49.0 Å². The summed E-state index contributed by atoms with van der Waals surface area (Å²) in [5.74, 6) is -0.634. The molecule has 34 heavy (non-hydrogen) atoms. The van der Waals surface area contributed by atoms with Crippen LogP contribution in [-0.2, 0) is 19.4 Å². The number of amides is 1. The zero-order valence-electron chi connectivity index (χ0n) is 19.6. The van der Waals surface area contributed by atoms with Gasteiger partial charge in [0.05, 0.1) is 11.2 Å². The molecular weight excluding hydrogens is 430 g/mol. The number of nitrogens with zero attached hydrogens (tertiary/aromatic N) is 4. The third-order valence-electron chi connectivity index (χ3n) is 6.34. The molecule has 0 bridgehead atoms. The predicted octanol–water partition coefficient (Wildman–Crippen LogP) is 3.86. The first kappa shape index (κ1) is 22.2. The summed E-state index contributed by atoms with van der Waals surface area (Å²) in [6.07, 6.45) is 5.03. The molecule has 0 unspecified atom stereocenters. The Bertz CT molecular complexity index is 1380. The van der Waals surface area contributed by atoms with Gasteiger partial charge in [-0.15, -0.1) is 0 Å². The molecule has 0 atom stereocenters. The molecular formula is C26H29N5O3. The van der Waals surface area contributed by atoms with Crippen molar-refractivity contribution in [2.24, 2.45) is 0 Å². The molecule has 1 N–H and O–H groups in total. The van der Waals surface area contributed by atoms with E-state index < -0.39 is 5.76 Å². The molecule has 5 rings (SSSR count). The summed E-state index contributed by atoms with van der Waals surface area (Å²) in [7, 11) is 3.91. The Hall–Kier alpha value is -3.65. The number of carbonyl (C=O) groups excluding carboxylic acids is 1. The van der Waals surface area contributed by atoms with Gasteiger partial charge in [-0.1, -0.05) is 24.6 Å². The highest BCUT2D eigenvalue weighted by atomic mass is 16.4. The van der Waals surface area contributed by atoms with Crippen LogP contribution < -0.4 is 11.1 Å². The fourth-order valence-electron chi connectivity index (χ4n) is 4.58. The second-order valence-corrected chi connectivity index (χ2v) is 9.04. The highest BCUT2D eigenvalue weighted by Gasteiger charge is 2.25. The maximum atomic E-state index is 13.4. The summed E-state index contributed by atoms with van der Waals surface area (Å²) in [6.45, 7) is 1.21. The zero-order valence-corrected chi connectivity index (χ0v) is 19.6. The van der Waals surface area contributed by atoms with E-state index in [1.54, 1.807) is 22.8 Å². The quantitative estimate of drug-likeness (QED) is 0.443. The highest BCUT2D eigenvalue weighted by Crippen LogP contribution is 2.27. The van der Waals surface area contributed by atoms with E-state index in [1.807, 2.05) is 54.0 Å². The van der Waals surface area contributed by atoms with Crippen molar-refractivity contribution in [3.05, 3.63) is 76.0 Å². The number of hydrogen-bond donors (Lipinski definition) is 1. The van der Waals surface area contributed by atoms with Gasteiger partial charge in [0, 0.05) is 30.0 Å². The monoisotopic (exact) mass is 459 g/mol. The third-order valence-corrected chi connectivity index (χ3v) is 6.34. The molecule has 2 aromatic heterocycles. The minimum atomic E-state index is -0.396. The van der Waals surface area contributed by atoms with Crippen LogP contribution in [0.3, 0.4) is 0 Å². The first-order valence-electron chi connectivity index (χ1n) is 11.8. The van der Waals surface area contributed by atoms with Crippen LogP contribution in [0.1, 0.15) is 41.0 Å². The van der Waals surface area contributed by atoms with Gasteiger partial charge in [-0.05, 0) is 70.1 Å². The Morgan fingerprint density at radius 1 is 1.09 bits per heavy atom. The van der Waals surface area contributed by atoms with E-state index in [4.69, 9.17) is 9.52 Å². The maximum Gasteiger partial charge on any atom is 0.419 e. The molecule has 1 aliphatic carbocycles. The number of aromatic nitrogens is 3. The van der Waals surface area contributed by atoms with Crippen molar-refractivity contribution in [3.63, 3.8) is 0 Å². The van der Waals surface area contributed by atoms with Crippen LogP contribution in [0.15, 0.2) is 57.7 Å². The van der Waals surface area contributed by atoms with Gasteiger partial charge >= 0.3 is 5.76 Å². The fraction of sp³-hybridized carbons (Fsp3) is 0.346. The average molecular weight is 460 g/mol. The van der Waals surface area contributed by atoms with Crippen LogP contribution in [0.25, 0.3) is 16.8 Å². The number of hydrogen-bond acceptors (Lipinski definition) is 5. The normalized spacial score (nSPS) is 13.7. The van der Waals surface area contributed by atoms with E-state index in [9.17, 15) is 9.59 Å². The van der Waals surface area contributed by atoms with Gasteiger partial charge in [0.15, 0.2) is 11.3 Å². The van der Waals surface area contributed by atoms with E-state index >= 15 is 0 Å². The SMILES string of the molecule is CN(C)CCn1c(=O)oc2ccc(NC(=O)c3nn(-c4ccccc4)c4c3CCCCC4)cc21. The Labute approximate surface area is 197 Å². The van der Waals surface area contributed by atoms with Crippen molar-refractivity contribution in [3.8, 4) is 5.69 Å². The lowest BCUT2D eigenvalue weighted by atomic mass is 10.1. The number of carbonyl (C=O) groups is 1. The molecule has 0 radical (unpaired) electrons. The van der Waals surface area contributed by atoms with Crippen molar-refractivity contribution in [1.82, 2.24) is 19.2 Å². The lowest BCUT2D eigenvalue weighted by Crippen LogP contribution is -2.23. The van der Waals surface area contributed by atoms with Crippen molar-refractivity contribution < 1.29 is 9.21 Å². The van der Waals surface area contributed by atoms with Gasteiger partial charge in [0.1, 0.15) is 0 Å². The molecule has 2 aromatic carbocycles. The van der Waals surface area contributed by atoms with Gasteiger partial charge < -0.3 is 14.6 Å². The van der Waals surface area contributed by atoms with Crippen LogP contribution in [0.5, 0.6) is 0 Å². The average Bonchev–Trinajstić information content (AvgIpc) is 3.24. The number of likely N-dealkylation sites (N-methyl/N-ethyl adjacent to an activating group) is 1. The Morgan fingerprint density at radius 2 is 1.88 bits per heavy atom. The second-order valence-electron chi connectivity index (χ2n) is 9.04. The molecule has 2 heterocycles. The van der Waals surface area contributed by atoms with Crippen molar-refractivity contribution in [1.29, 1.82) is 0 Å². The van der Waals surface area contributed by atoms with Crippen molar-refractivity contribution >= 4 is 22.7 Å². The van der Waals surface area contributed by atoms with Crippen LogP contribution in [0.2, 0.25) is 0 Å². The molecule has 0 aliphatic heterocycles. The summed E-state index contributed by atoms with van der Waals surface area (Å²) in [5, 5.41) is 7.76. The first-order valence-corrected chi connectivity index (χ1v) is 11.8. The van der Waals surface area contributed by atoms with Crippen LogP contribution in [0.4, 0.5) is 5.69 Å². The Morgan fingerprint density at radius 3 is 2.68 bits per heavy atom. The van der Waals surface area contributed by atoms with Gasteiger partial charge in [-0.3, -0.25) is 9.36 Å². The van der Waals surface area contributed by atoms with Crippen molar-refractivity contribution in [2.45, 2.75) is 38.6 Å². The lowest BCUT2D eigenvalue weighted by Gasteiger charge is -2.10. The lowest BCUT2D eigenvalue weighted by molar-refractivity contribution is 0.102. The summed E-state index contributed by atoms with van der Waals surface area (Å²) < 4.78 is 8.90. The summed E-state index contributed by atoms with van der Waals surface area (Å²) in [5.41, 5.74) is 5.36. The topological polar surface area (TPSA) is 85.3 Å². The number of rotatable bonds is 6.